The molecule has 0 radical (unpaired) electrons. The quantitative estimate of drug-likeness (QED) is 0.742. The van der Waals surface area contributed by atoms with Gasteiger partial charge in [-0.2, -0.15) is 13.5 Å². The van der Waals surface area contributed by atoms with Crippen LogP contribution in [-0.2, 0) is 10.2 Å². The van der Waals surface area contributed by atoms with Crippen molar-refractivity contribution in [2.24, 2.45) is 0 Å². The second-order valence-corrected chi connectivity index (χ2v) is 4.45. The van der Waals surface area contributed by atoms with Crippen LogP contribution < -0.4 is 0 Å². The van der Waals surface area contributed by atoms with Gasteiger partial charge in [0.1, 0.15) is 4.90 Å². The van der Waals surface area contributed by atoms with E-state index in [9.17, 15) is 12.3 Å². The summed E-state index contributed by atoms with van der Waals surface area (Å²) in [7, 11) is -4.73. The number of pyridine rings is 1. The van der Waals surface area contributed by atoms with E-state index in [1.165, 1.54) is 11.6 Å². The molecule has 0 unspecified atom stereocenters. The lowest BCUT2D eigenvalue weighted by atomic mass is 10.4. The summed E-state index contributed by atoms with van der Waals surface area (Å²) < 4.78 is 35.6. The molecule has 7 heteroatoms. The van der Waals surface area contributed by atoms with Gasteiger partial charge in [-0.25, -0.2) is 9.67 Å². The van der Waals surface area contributed by atoms with Crippen LogP contribution in [0.3, 0.4) is 0 Å². The standard InChI is InChI=1S/C9H8FN3O2S/c1-7-8(16(10,14)15)6-12-13(7)9-4-2-3-5-11-9/h2-6H,1H3. The maximum absolute atomic E-state index is 12.8. The molecule has 84 valence electrons. The average Bonchev–Trinajstić information content (AvgIpc) is 2.61. The minimum Gasteiger partial charge on any atom is -0.237 e. The van der Waals surface area contributed by atoms with Crippen molar-refractivity contribution >= 4 is 10.2 Å². The normalized spacial score (nSPS) is 11.6. The molecule has 0 N–H and O–H groups in total. The fourth-order valence-corrected chi connectivity index (χ4v) is 1.96. The van der Waals surface area contributed by atoms with E-state index >= 15 is 0 Å². The third-order valence-electron chi connectivity index (χ3n) is 2.09. The zero-order chi connectivity index (χ0) is 11.8. The minimum atomic E-state index is -4.73. The number of halogens is 1. The van der Waals surface area contributed by atoms with Crippen LogP contribution >= 0.6 is 0 Å². The molecular formula is C9H8FN3O2S. The number of hydrogen-bond acceptors (Lipinski definition) is 4. The van der Waals surface area contributed by atoms with Gasteiger partial charge >= 0.3 is 10.2 Å². The first kappa shape index (κ1) is 10.7. The Balaban J connectivity index is 2.59. The number of nitrogens with zero attached hydrogens (tertiary/aromatic N) is 3. The van der Waals surface area contributed by atoms with Gasteiger partial charge in [0.05, 0.1) is 11.9 Å². The highest BCUT2D eigenvalue weighted by atomic mass is 32.3. The Labute approximate surface area is 91.8 Å². The van der Waals surface area contributed by atoms with Crippen LogP contribution in [0.4, 0.5) is 3.89 Å². The van der Waals surface area contributed by atoms with E-state index in [1.807, 2.05) is 0 Å². The fourth-order valence-electron chi connectivity index (χ4n) is 1.34. The van der Waals surface area contributed by atoms with E-state index in [-0.39, 0.29) is 5.69 Å². The monoisotopic (exact) mass is 241 g/mol. The zero-order valence-corrected chi connectivity index (χ0v) is 9.15. The summed E-state index contributed by atoms with van der Waals surface area (Å²) in [5.41, 5.74) is 0.196. The predicted octanol–water partition coefficient (Wildman–Crippen LogP) is 1.23. The number of rotatable bonds is 2. The van der Waals surface area contributed by atoms with Crippen LogP contribution in [0.2, 0.25) is 0 Å². The highest BCUT2D eigenvalue weighted by Gasteiger charge is 2.20. The summed E-state index contributed by atoms with van der Waals surface area (Å²) in [6.07, 6.45) is 2.51. The van der Waals surface area contributed by atoms with Gasteiger partial charge in [-0.05, 0) is 19.1 Å². The molecule has 0 fully saturated rings. The lowest BCUT2D eigenvalue weighted by Gasteiger charge is -2.02. The van der Waals surface area contributed by atoms with Crippen LogP contribution in [0.25, 0.3) is 5.82 Å². The predicted molar refractivity (Wildman–Crippen MR) is 54.4 cm³/mol. The molecule has 0 atom stereocenters. The van der Waals surface area contributed by atoms with Crippen molar-refractivity contribution < 1.29 is 12.3 Å². The first-order chi connectivity index (χ1) is 7.50. The topological polar surface area (TPSA) is 64.8 Å². The van der Waals surface area contributed by atoms with Crippen molar-refractivity contribution in [1.82, 2.24) is 14.8 Å². The van der Waals surface area contributed by atoms with Gasteiger partial charge in [0.25, 0.3) is 0 Å². The lowest BCUT2D eigenvalue weighted by Crippen LogP contribution is -2.02. The van der Waals surface area contributed by atoms with E-state index in [0.717, 1.165) is 6.20 Å². The van der Waals surface area contributed by atoms with Gasteiger partial charge in [-0.3, -0.25) is 0 Å². The van der Waals surface area contributed by atoms with Gasteiger partial charge < -0.3 is 0 Å². The molecule has 2 aromatic heterocycles. The molecule has 0 saturated carbocycles. The van der Waals surface area contributed by atoms with E-state index < -0.39 is 15.1 Å². The van der Waals surface area contributed by atoms with Gasteiger partial charge in [0.2, 0.25) is 0 Å². The fraction of sp³-hybridized carbons (Fsp3) is 0.111. The van der Waals surface area contributed by atoms with Crippen LogP contribution in [0.1, 0.15) is 5.69 Å². The Hall–Kier alpha value is -1.76. The molecule has 0 aliphatic heterocycles. The molecule has 5 nitrogen and oxygen atoms in total. The summed E-state index contributed by atoms with van der Waals surface area (Å²) >= 11 is 0. The van der Waals surface area contributed by atoms with Crippen molar-refractivity contribution in [2.75, 3.05) is 0 Å². The summed E-state index contributed by atoms with van der Waals surface area (Å²) in [4.78, 5) is 3.56. The van der Waals surface area contributed by atoms with Crippen molar-refractivity contribution in [2.45, 2.75) is 11.8 Å². The zero-order valence-electron chi connectivity index (χ0n) is 8.33. The lowest BCUT2D eigenvalue weighted by molar-refractivity contribution is 0.551. The third-order valence-corrected chi connectivity index (χ3v) is 3.02. The third kappa shape index (κ3) is 1.81. The minimum absolute atomic E-state index is 0.196. The first-order valence-corrected chi connectivity index (χ1v) is 5.79. The van der Waals surface area contributed by atoms with E-state index in [4.69, 9.17) is 0 Å². The Kier molecular flexibility index (Phi) is 2.47. The molecule has 0 amide bonds. The van der Waals surface area contributed by atoms with E-state index in [1.54, 1.807) is 24.4 Å². The second kappa shape index (κ2) is 3.67. The van der Waals surface area contributed by atoms with E-state index in [2.05, 4.69) is 10.1 Å². The molecule has 0 spiro atoms. The molecule has 2 aromatic rings. The van der Waals surface area contributed by atoms with Gasteiger partial charge in [0.15, 0.2) is 5.82 Å². The first-order valence-electron chi connectivity index (χ1n) is 4.41. The number of hydrogen-bond donors (Lipinski definition) is 0. The highest BCUT2D eigenvalue weighted by molar-refractivity contribution is 7.86. The molecule has 0 bridgehead atoms. The van der Waals surface area contributed by atoms with E-state index in [0.29, 0.717) is 5.82 Å². The molecule has 0 aliphatic rings. The molecule has 0 aliphatic carbocycles. The summed E-state index contributed by atoms with van der Waals surface area (Å²) in [6.45, 7) is 1.47. The van der Waals surface area contributed by atoms with Crippen LogP contribution in [-0.4, -0.2) is 23.2 Å². The Bertz CT molecular complexity index is 607. The Morgan fingerprint density at radius 2 is 2.12 bits per heavy atom. The van der Waals surface area contributed by atoms with Gasteiger partial charge in [-0.1, -0.05) is 6.07 Å². The smallest absolute Gasteiger partial charge is 0.237 e. The van der Waals surface area contributed by atoms with Crippen LogP contribution in [0.5, 0.6) is 0 Å². The van der Waals surface area contributed by atoms with Gasteiger partial charge in [0, 0.05) is 6.20 Å². The van der Waals surface area contributed by atoms with Crippen LogP contribution in [0, 0.1) is 6.92 Å². The van der Waals surface area contributed by atoms with Crippen molar-refractivity contribution in [3.8, 4) is 5.82 Å². The molecule has 2 heterocycles. The van der Waals surface area contributed by atoms with Crippen LogP contribution in [0.15, 0.2) is 35.5 Å². The second-order valence-electron chi connectivity index (χ2n) is 3.13. The molecule has 0 aromatic carbocycles. The van der Waals surface area contributed by atoms with Gasteiger partial charge in [-0.15, -0.1) is 3.89 Å². The molecule has 2 rings (SSSR count). The summed E-state index contributed by atoms with van der Waals surface area (Å²) in [6, 6.07) is 5.09. The Morgan fingerprint density at radius 1 is 1.38 bits per heavy atom. The van der Waals surface area contributed by atoms with Crippen molar-refractivity contribution in [3.63, 3.8) is 0 Å². The Morgan fingerprint density at radius 3 is 2.62 bits per heavy atom. The van der Waals surface area contributed by atoms with Crippen molar-refractivity contribution in [3.05, 3.63) is 36.3 Å². The maximum atomic E-state index is 12.8. The summed E-state index contributed by atoms with van der Waals surface area (Å²) in [5, 5.41) is 3.79. The largest absolute Gasteiger partial charge is 0.335 e. The number of aromatic nitrogens is 3. The highest BCUT2D eigenvalue weighted by Crippen LogP contribution is 2.18. The maximum Gasteiger partial charge on any atom is 0.335 e. The molecule has 0 saturated heterocycles. The summed E-state index contributed by atoms with van der Waals surface area (Å²) in [5.74, 6) is 0.440. The SMILES string of the molecule is Cc1c(S(=O)(=O)F)cnn1-c1ccccn1. The molecular weight excluding hydrogens is 233 g/mol. The average molecular weight is 241 g/mol. The molecule has 16 heavy (non-hydrogen) atoms. The van der Waals surface area contributed by atoms with Crippen molar-refractivity contribution in [1.29, 1.82) is 0 Å².